The minimum absolute atomic E-state index is 0.00363. The molecular formula is C31H28FN3O5. The molecule has 8 nitrogen and oxygen atoms in total. The molecule has 0 saturated carbocycles. The summed E-state index contributed by atoms with van der Waals surface area (Å²) >= 11 is 0. The quantitative estimate of drug-likeness (QED) is 0.257. The lowest BCUT2D eigenvalue weighted by Crippen LogP contribution is -2.26. The molecule has 1 atom stereocenters. The van der Waals surface area contributed by atoms with Crippen molar-refractivity contribution in [3.05, 3.63) is 112 Å². The minimum Gasteiger partial charge on any atom is -0.497 e. The van der Waals surface area contributed by atoms with E-state index in [9.17, 15) is 14.7 Å². The Hall–Kier alpha value is -4.76. The van der Waals surface area contributed by atoms with E-state index >= 15 is 4.39 Å². The van der Waals surface area contributed by atoms with Crippen LogP contribution in [-0.2, 0) is 13.0 Å². The van der Waals surface area contributed by atoms with Gasteiger partial charge in [-0.15, -0.1) is 0 Å². The van der Waals surface area contributed by atoms with Gasteiger partial charge in [-0.3, -0.25) is 19.3 Å². The number of nitrogens with zero attached hydrogens (tertiary/aromatic N) is 3. The molecule has 3 aromatic carbocycles. The van der Waals surface area contributed by atoms with Crippen LogP contribution in [0.5, 0.6) is 17.2 Å². The number of para-hydroxylation sites is 1. The molecule has 0 spiro atoms. The highest BCUT2D eigenvalue weighted by atomic mass is 19.1. The van der Waals surface area contributed by atoms with Crippen molar-refractivity contribution < 1.29 is 23.8 Å². The van der Waals surface area contributed by atoms with Gasteiger partial charge in [-0.2, -0.15) is 0 Å². The van der Waals surface area contributed by atoms with Gasteiger partial charge in [-0.05, 0) is 61.9 Å². The summed E-state index contributed by atoms with van der Waals surface area (Å²) in [6.45, 7) is 3.40. The van der Waals surface area contributed by atoms with Crippen molar-refractivity contribution >= 4 is 16.7 Å². The van der Waals surface area contributed by atoms with E-state index in [1.54, 1.807) is 86.4 Å². The van der Waals surface area contributed by atoms with E-state index in [0.29, 0.717) is 39.3 Å². The summed E-state index contributed by atoms with van der Waals surface area (Å²) < 4.78 is 29.2. The second kappa shape index (κ2) is 11.2. The van der Waals surface area contributed by atoms with Crippen molar-refractivity contribution in [3.63, 3.8) is 0 Å². The Labute approximate surface area is 229 Å². The number of aliphatic hydroxyl groups excluding tert-OH is 1. The third-order valence-corrected chi connectivity index (χ3v) is 6.60. The van der Waals surface area contributed by atoms with Gasteiger partial charge in [0.1, 0.15) is 17.1 Å². The first-order chi connectivity index (χ1) is 19.3. The van der Waals surface area contributed by atoms with Gasteiger partial charge in [0.15, 0.2) is 17.3 Å². The van der Waals surface area contributed by atoms with Gasteiger partial charge in [0.05, 0.1) is 31.0 Å². The smallest absolute Gasteiger partial charge is 0.282 e. The molecule has 40 heavy (non-hydrogen) atoms. The first kappa shape index (κ1) is 26.8. The summed E-state index contributed by atoms with van der Waals surface area (Å²) in [5.74, 6) is -0.0333. The monoisotopic (exact) mass is 541 g/mol. The van der Waals surface area contributed by atoms with Crippen LogP contribution in [0, 0.1) is 12.7 Å². The van der Waals surface area contributed by atoms with Crippen LogP contribution in [0.2, 0.25) is 0 Å². The highest BCUT2D eigenvalue weighted by molar-refractivity contribution is 5.98. The third kappa shape index (κ3) is 5.23. The van der Waals surface area contributed by atoms with Crippen LogP contribution in [0.3, 0.4) is 0 Å². The van der Waals surface area contributed by atoms with Gasteiger partial charge >= 0.3 is 0 Å². The van der Waals surface area contributed by atoms with Crippen LogP contribution in [-0.4, -0.2) is 38.5 Å². The van der Waals surface area contributed by atoms with Crippen LogP contribution >= 0.6 is 0 Å². The molecule has 204 valence electrons. The van der Waals surface area contributed by atoms with Gasteiger partial charge in [-0.25, -0.2) is 9.07 Å². The lowest BCUT2D eigenvalue weighted by Gasteiger charge is -2.15. The van der Waals surface area contributed by atoms with E-state index in [2.05, 4.69) is 4.98 Å². The molecule has 0 aliphatic heterocycles. The number of rotatable bonds is 9. The maximum atomic E-state index is 15.1. The Morgan fingerprint density at radius 1 is 1.05 bits per heavy atom. The van der Waals surface area contributed by atoms with Crippen LogP contribution < -0.4 is 15.0 Å². The fourth-order valence-corrected chi connectivity index (χ4v) is 4.71. The van der Waals surface area contributed by atoms with E-state index in [4.69, 9.17) is 9.47 Å². The molecule has 1 N–H and O–H groups in total. The number of pyridine rings is 1. The number of Topliss-reactive ketones (excluding diaryl/α,β-unsaturated/α-hetero) is 1. The third-order valence-electron chi connectivity index (χ3n) is 6.60. The molecular weight excluding hydrogens is 513 g/mol. The summed E-state index contributed by atoms with van der Waals surface area (Å²) in [6.07, 6.45) is 0.638. The number of benzene rings is 3. The topological polar surface area (TPSA) is 95.6 Å². The van der Waals surface area contributed by atoms with Crippen molar-refractivity contribution in [1.29, 1.82) is 0 Å². The first-order valence-corrected chi connectivity index (χ1v) is 12.7. The second-order valence-corrected chi connectivity index (χ2v) is 9.50. The molecule has 9 heteroatoms. The molecule has 0 bridgehead atoms. The predicted octanol–water partition coefficient (Wildman–Crippen LogP) is 5.24. The van der Waals surface area contributed by atoms with Crippen molar-refractivity contribution in [2.45, 2.75) is 32.9 Å². The van der Waals surface area contributed by atoms with Crippen molar-refractivity contribution in [2.75, 3.05) is 7.11 Å². The Morgan fingerprint density at radius 3 is 2.52 bits per heavy atom. The van der Waals surface area contributed by atoms with Crippen LogP contribution in [0.4, 0.5) is 4.39 Å². The molecule has 5 aromatic rings. The summed E-state index contributed by atoms with van der Waals surface area (Å²) in [7, 11) is 1.56. The van der Waals surface area contributed by atoms with Gasteiger partial charge in [-0.1, -0.05) is 24.3 Å². The molecule has 0 amide bonds. The largest absolute Gasteiger partial charge is 0.497 e. The maximum absolute atomic E-state index is 15.1. The number of carbonyl (C=O) groups excluding carboxylic acids is 1. The average molecular weight is 542 g/mol. The molecule has 0 radical (unpaired) electrons. The average Bonchev–Trinajstić information content (AvgIpc) is 3.18. The number of halogens is 1. The number of ketones is 1. The van der Waals surface area contributed by atoms with Crippen LogP contribution in [0.15, 0.2) is 83.8 Å². The highest BCUT2D eigenvalue weighted by Gasteiger charge is 2.24. The molecule has 2 aromatic heterocycles. The number of hydrogen-bond donors (Lipinski definition) is 1. The predicted molar refractivity (Wildman–Crippen MR) is 149 cm³/mol. The Morgan fingerprint density at radius 2 is 1.82 bits per heavy atom. The number of ether oxygens (including phenoxy) is 2. The first-order valence-electron chi connectivity index (χ1n) is 12.7. The zero-order chi connectivity index (χ0) is 28.4. The van der Waals surface area contributed by atoms with Gasteiger partial charge in [0, 0.05) is 29.8 Å². The normalized spacial score (nSPS) is 11.9. The summed E-state index contributed by atoms with van der Waals surface area (Å²) in [6, 6.07) is 20.2. The fourth-order valence-electron chi connectivity index (χ4n) is 4.71. The van der Waals surface area contributed by atoms with E-state index < -0.39 is 23.3 Å². The Balaban J connectivity index is 1.42. The van der Waals surface area contributed by atoms with E-state index in [1.165, 1.54) is 16.8 Å². The van der Waals surface area contributed by atoms with Crippen molar-refractivity contribution in [1.82, 2.24) is 14.3 Å². The number of fused-ring (bicyclic) bond motifs is 1. The van der Waals surface area contributed by atoms with Gasteiger partial charge in [0.2, 0.25) is 0 Å². The lowest BCUT2D eigenvalue weighted by atomic mass is 10.0. The van der Waals surface area contributed by atoms with Gasteiger partial charge in [0.25, 0.3) is 5.56 Å². The molecule has 0 aliphatic carbocycles. The Bertz CT molecular complexity index is 1760. The van der Waals surface area contributed by atoms with Gasteiger partial charge < -0.3 is 14.6 Å². The number of aromatic nitrogens is 3. The van der Waals surface area contributed by atoms with Crippen molar-refractivity contribution in [3.8, 4) is 22.9 Å². The van der Waals surface area contributed by atoms with E-state index in [0.717, 1.165) is 0 Å². The molecule has 0 unspecified atom stereocenters. The Kier molecular flexibility index (Phi) is 7.48. The second-order valence-electron chi connectivity index (χ2n) is 9.50. The number of hydrogen-bond acceptors (Lipinski definition) is 6. The summed E-state index contributed by atoms with van der Waals surface area (Å²) in [5.41, 5.74) is 1.55. The number of methoxy groups -OCH3 is 1. The molecule has 2 heterocycles. The zero-order valence-corrected chi connectivity index (χ0v) is 22.3. The lowest BCUT2D eigenvalue weighted by molar-refractivity contribution is 0.0990. The van der Waals surface area contributed by atoms with E-state index in [1.807, 2.05) is 6.07 Å². The molecule has 5 rings (SSSR count). The van der Waals surface area contributed by atoms with Crippen LogP contribution in [0.1, 0.15) is 28.5 Å². The van der Waals surface area contributed by atoms with Crippen molar-refractivity contribution in [2.24, 2.45) is 0 Å². The minimum atomic E-state index is -0.746. The van der Waals surface area contributed by atoms with E-state index in [-0.39, 0.29) is 24.3 Å². The summed E-state index contributed by atoms with van der Waals surface area (Å²) in [4.78, 5) is 31.1. The standard InChI is InChI=1S/C31H28FN3O5/c1-19(36)18-34-20(2)30(31(38)35(34)22-7-5-4-6-8-22)27(37)16-21-9-12-29(25(32)15-21)40-28-13-14-33-26-17-23(39-3)10-11-24(26)28/h4-15,17,19,36H,16,18H2,1-3H3/t19-/m1/s1. The molecule has 0 saturated heterocycles. The molecule has 0 fully saturated rings. The number of carbonyl (C=O) groups is 1. The SMILES string of the molecule is COc1ccc2c(Oc3ccc(CC(=O)c4c(C)n(C[C@@H](C)O)n(-c5ccccc5)c4=O)cc3F)ccnc2c1. The number of aliphatic hydroxyl groups is 1. The molecule has 0 aliphatic rings. The highest BCUT2D eigenvalue weighted by Crippen LogP contribution is 2.32. The summed E-state index contributed by atoms with van der Waals surface area (Å²) in [5, 5.41) is 10.7. The fraction of sp³-hybridized carbons (Fsp3) is 0.194. The maximum Gasteiger partial charge on any atom is 0.282 e. The zero-order valence-electron chi connectivity index (χ0n) is 22.3. The van der Waals surface area contributed by atoms with Crippen LogP contribution in [0.25, 0.3) is 16.6 Å².